The fraction of sp³-hybridized carbons (Fsp3) is 0.421. The van der Waals surface area contributed by atoms with Gasteiger partial charge >= 0.3 is 0 Å². The van der Waals surface area contributed by atoms with E-state index in [1.54, 1.807) is 18.5 Å². The van der Waals surface area contributed by atoms with E-state index >= 15 is 0 Å². The Morgan fingerprint density at radius 1 is 1.17 bits per heavy atom. The predicted octanol–water partition coefficient (Wildman–Crippen LogP) is 3.35. The lowest BCUT2D eigenvalue weighted by Gasteiger charge is -2.32. The second-order valence-electron chi connectivity index (χ2n) is 6.27. The monoisotopic (exact) mass is 309 g/mol. The molecule has 1 saturated heterocycles. The molecule has 0 saturated carbocycles. The zero-order valence-electron chi connectivity index (χ0n) is 13.4. The van der Waals surface area contributed by atoms with Gasteiger partial charge in [0.2, 0.25) is 0 Å². The molecule has 4 nitrogen and oxygen atoms in total. The van der Waals surface area contributed by atoms with Gasteiger partial charge in [0.05, 0.1) is 18.0 Å². The molecule has 0 bridgehead atoms. The Morgan fingerprint density at radius 3 is 2.83 bits per heavy atom. The summed E-state index contributed by atoms with van der Waals surface area (Å²) in [7, 11) is 0. The van der Waals surface area contributed by atoms with Crippen LogP contribution in [0.25, 0.3) is 0 Å². The van der Waals surface area contributed by atoms with Crippen molar-refractivity contribution in [2.45, 2.75) is 32.1 Å². The van der Waals surface area contributed by atoms with E-state index in [-0.39, 0.29) is 5.91 Å². The van der Waals surface area contributed by atoms with E-state index in [0.29, 0.717) is 11.5 Å². The normalized spacial score (nSPS) is 17.9. The summed E-state index contributed by atoms with van der Waals surface area (Å²) in [5, 5.41) is 7.54. The van der Waals surface area contributed by atoms with Gasteiger partial charge in [0.1, 0.15) is 0 Å². The molecule has 120 valence electrons. The van der Waals surface area contributed by atoms with Crippen molar-refractivity contribution in [2.24, 2.45) is 5.92 Å². The molecule has 1 aliphatic heterocycles. The molecule has 0 aliphatic carbocycles. The highest BCUT2D eigenvalue weighted by molar-refractivity contribution is 5.93. The van der Waals surface area contributed by atoms with Crippen LogP contribution in [0.2, 0.25) is 0 Å². The van der Waals surface area contributed by atoms with Crippen molar-refractivity contribution in [3.63, 3.8) is 0 Å². The van der Waals surface area contributed by atoms with Crippen molar-refractivity contribution in [1.82, 2.24) is 15.1 Å². The lowest BCUT2D eigenvalue weighted by molar-refractivity contribution is 0.0666. The van der Waals surface area contributed by atoms with Gasteiger partial charge in [0, 0.05) is 13.1 Å². The Kier molecular flexibility index (Phi) is 5.35. The third-order valence-corrected chi connectivity index (χ3v) is 4.56. The van der Waals surface area contributed by atoms with Crippen LogP contribution in [0, 0.1) is 5.92 Å². The molecular formula is C19H23N3O. The quantitative estimate of drug-likeness (QED) is 0.851. The van der Waals surface area contributed by atoms with Crippen molar-refractivity contribution < 1.29 is 4.79 Å². The Hall–Kier alpha value is -2.23. The molecule has 0 N–H and O–H groups in total. The minimum Gasteiger partial charge on any atom is -0.338 e. The third-order valence-electron chi connectivity index (χ3n) is 4.56. The lowest BCUT2D eigenvalue weighted by Crippen LogP contribution is -2.40. The third kappa shape index (κ3) is 4.38. The van der Waals surface area contributed by atoms with Crippen LogP contribution in [-0.4, -0.2) is 34.1 Å². The second-order valence-corrected chi connectivity index (χ2v) is 6.27. The summed E-state index contributed by atoms with van der Waals surface area (Å²) in [6.45, 7) is 1.73. The molecule has 1 fully saturated rings. The number of aromatic nitrogens is 2. The zero-order chi connectivity index (χ0) is 15.9. The average Bonchev–Trinajstić information content (AvgIpc) is 2.63. The number of carbonyl (C=O) groups is 1. The summed E-state index contributed by atoms with van der Waals surface area (Å²) >= 11 is 0. The first-order chi connectivity index (χ1) is 11.3. The van der Waals surface area contributed by atoms with E-state index in [2.05, 4.69) is 40.5 Å². The van der Waals surface area contributed by atoms with Crippen LogP contribution in [0.4, 0.5) is 0 Å². The summed E-state index contributed by atoms with van der Waals surface area (Å²) in [5.74, 6) is 0.707. The summed E-state index contributed by atoms with van der Waals surface area (Å²) in [5.41, 5.74) is 2.05. The summed E-state index contributed by atoms with van der Waals surface area (Å²) < 4.78 is 0. The lowest BCUT2D eigenvalue weighted by atomic mass is 9.91. The fourth-order valence-electron chi connectivity index (χ4n) is 3.32. The Balaban J connectivity index is 1.49. The molecule has 1 unspecified atom stereocenters. The van der Waals surface area contributed by atoms with Gasteiger partial charge in [-0.15, -0.1) is 0 Å². The minimum atomic E-state index is 0.0904. The van der Waals surface area contributed by atoms with Gasteiger partial charge in [-0.2, -0.15) is 10.2 Å². The maximum atomic E-state index is 12.5. The van der Waals surface area contributed by atoms with Gasteiger partial charge in [0.15, 0.2) is 0 Å². The smallest absolute Gasteiger partial charge is 0.255 e. The van der Waals surface area contributed by atoms with Gasteiger partial charge in [-0.1, -0.05) is 30.3 Å². The highest BCUT2D eigenvalue weighted by Crippen LogP contribution is 2.23. The molecule has 2 heterocycles. The SMILES string of the molecule is O=C(c1ccnnc1)N1CCCC(CCCc2ccccc2)C1. The van der Waals surface area contributed by atoms with Crippen molar-refractivity contribution in [2.75, 3.05) is 13.1 Å². The molecule has 1 atom stereocenters. The molecule has 1 aliphatic rings. The largest absolute Gasteiger partial charge is 0.338 e. The van der Waals surface area contributed by atoms with Gasteiger partial charge in [-0.25, -0.2) is 0 Å². The fourth-order valence-corrected chi connectivity index (χ4v) is 3.32. The molecule has 4 heteroatoms. The van der Waals surface area contributed by atoms with E-state index in [1.807, 2.05) is 4.90 Å². The number of rotatable bonds is 5. The number of carbonyl (C=O) groups excluding carboxylic acids is 1. The first kappa shape index (κ1) is 15.7. The van der Waals surface area contributed by atoms with Crippen molar-refractivity contribution in [1.29, 1.82) is 0 Å². The topological polar surface area (TPSA) is 46.1 Å². The highest BCUT2D eigenvalue weighted by atomic mass is 16.2. The summed E-state index contributed by atoms with van der Waals surface area (Å²) in [4.78, 5) is 14.5. The van der Waals surface area contributed by atoms with Crippen LogP contribution in [0.1, 0.15) is 41.6 Å². The van der Waals surface area contributed by atoms with Crippen LogP contribution in [0.5, 0.6) is 0 Å². The van der Waals surface area contributed by atoms with E-state index < -0.39 is 0 Å². The zero-order valence-corrected chi connectivity index (χ0v) is 13.4. The van der Waals surface area contributed by atoms with Gasteiger partial charge in [0.25, 0.3) is 5.91 Å². The van der Waals surface area contributed by atoms with Crippen molar-refractivity contribution >= 4 is 5.91 Å². The minimum absolute atomic E-state index is 0.0904. The number of piperidine rings is 1. The van der Waals surface area contributed by atoms with Crippen LogP contribution in [0.15, 0.2) is 48.8 Å². The molecule has 3 rings (SSSR count). The number of nitrogens with zero attached hydrogens (tertiary/aromatic N) is 3. The highest BCUT2D eigenvalue weighted by Gasteiger charge is 2.24. The Morgan fingerprint density at radius 2 is 2.04 bits per heavy atom. The number of hydrogen-bond acceptors (Lipinski definition) is 3. The van der Waals surface area contributed by atoms with E-state index in [9.17, 15) is 4.79 Å². The molecule has 2 aromatic rings. The maximum Gasteiger partial charge on any atom is 0.255 e. The molecule has 1 aromatic carbocycles. The number of likely N-dealkylation sites (tertiary alicyclic amines) is 1. The second kappa shape index (κ2) is 7.86. The van der Waals surface area contributed by atoms with E-state index in [1.165, 1.54) is 24.8 Å². The van der Waals surface area contributed by atoms with Crippen LogP contribution in [0.3, 0.4) is 0 Å². The number of amides is 1. The Bertz CT molecular complexity index is 615. The standard InChI is InChI=1S/C19H23N3O/c23-19(18-11-12-20-21-14-18)22-13-5-10-17(15-22)9-4-8-16-6-2-1-3-7-16/h1-3,6-7,11-12,14,17H,4-5,8-10,13,15H2. The van der Waals surface area contributed by atoms with Crippen LogP contribution < -0.4 is 0 Å². The van der Waals surface area contributed by atoms with Gasteiger partial charge in [-0.05, 0) is 49.7 Å². The molecule has 1 amide bonds. The Labute approximate surface area is 137 Å². The van der Waals surface area contributed by atoms with Gasteiger partial charge < -0.3 is 4.90 Å². The maximum absolute atomic E-state index is 12.5. The first-order valence-corrected chi connectivity index (χ1v) is 8.43. The summed E-state index contributed by atoms with van der Waals surface area (Å²) in [6, 6.07) is 12.4. The van der Waals surface area contributed by atoms with Crippen LogP contribution in [-0.2, 0) is 6.42 Å². The van der Waals surface area contributed by atoms with E-state index in [4.69, 9.17) is 0 Å². The molecule has 0 spiro atoms. The number of hydrogen-bond donors (Lipinski definition) is 0. The number of benzene rings is 1. The molecule has 0 radical (unpaired) electrons. The average molecular weight is 309 g/mol. The van der Waals surface area contributed by atoms with E-state index in [0.717, 1.165) is 25.9 Å². The van der Waals surface area contributed by atoms with Gasteiger partial charge in [-0.3, -0.25) is 4.79 Å². The summed E-state index contributed by atoms with van der Waals surface area (Å²) in [6.07, 6.45) is 8.96. The first-order valence-electron chi connectivity index (χ1n) is 8.43. The van der Waals surface area contributed by atoms with Crippen molar-refractivity contribution in [3.8, 4) is 0 Å². The molecule has 1 aromatic heterocycles. The van der Waals surface area contributed by atoms with Crippen molar-refractivity contribution in [3.05, 3.63) is 59.9 Å². The van der Waals surface area contributed by atoms with Crippen LogP contribution >= 0.6 is 0 Å². The number of aryl methyl sites for hydroxylation is 1. The molecule has 23 heavy (non-hydrogen) atoms. The predicted molar refractivity (Wildman–Crippen MR) is 90.0 cm³/mol. The molecular weight excluding hydrogens is 286 g/mol.